The number of carbonyl (C=O) groups is 3. The molecular weight excluding hydrogens is 322 g/mol. The second-order valence-corrected chi connectivity index (χ2v) is 6.04. The molecule has 0 spiro atoms. The van der Waals surface area contributed by atoms with Gasteiger partial charge in [0.15, 0.2) is 0 Å². The molecule has 0 saturated heterocycles. The van der Waals surface area contributed by atoms with Gasteiger partial charge in [-0.25, -0.2) is 0 Å². The van der Waals surface area contributed by atoms with Crippen LogP contribution in [0.1, 0.15) is 32.8 Å². The zero-order valence-corrected chi connectivity index (χ0v) is 15.0. The first kappa shape index (κ1) is 20.6. The van der Waals surface area contributed by atoms with E-state index in [9.17, 15) is 14.4 Å². The Morgan fingerprint density at radius 1 is 1.16 bits per heavy atom. The second kappa shape index (κ2) is 10.5. The Kier molecular flexibility index (Phi) is 8.63. The van der Waals surface area contributed by atoms with Crippen LogP contribution >= 0.6 is 0 Å². The number of ether oxygens (including phenoxy) is 1. The van der Waals surface area contributed by atoms with E-state index in [2.05, 4.69) is 10.6 Å². The van der Waals surface area contributed by atoms with Crippen LogP contribution in [0.5, 0.6) is 0 Å². The number of nitrogens with one attached hydrogen (secondary N) is 2. The first-order chi connectivity index (χ1) is 11.8. The number of carbonyl (C=O) groups excluding carboxylic acids is 3. The summed E-state index contributed by atoms with van der Waals surface area (Å²) < 4.78 is 4.88. The predicted molar refractivity (Wildman–Crippen MR) is 95.8 cm³/mol. The fourth-order valence-electron chi connectivity index (χ4n) is 2.03. The van der Waals surface area contributed by atoms with Crippen LogP contribution in [-0.4, -0.2) is 37.0 Å². The largest absolute Gasteiger partial charge is 0.466 e. The molecule has 25 heavy (non-hydrogen) atoms. The van der Waals surface area contributed by atoms with Gasteiger partial charge >= 0.3 is 5.97 Å². The Bertz CT molecular complexity index is 584. The number of hydrogen-bond acceptors (Lipinski definition) is 5. The van der Waals surface area contributed by atoms with Crippen LogP contribution in [0.3, 0.4) is 0 Å². The zero-order valence-electron chi connectivity index (χ0n) is 15.0. The molecule has 0 aromatic heterocycles. The van der Waals surface area contributed by atoms with Gasteiger partial charge in [0, 0.05) is 12.1 Å². The highest BCUT2D eigenvalue weighted by atomic mass is 16.5. The number of benzene rings is 1. The van der Waals surface area contributed by atoms with Gasteiger partial charge in [-0.05, 0) is 37.0 Å². The molecule has 0 bridgehead atoms. The van der Waals surface area contributed by atoms with Crippen molar-refractivity contribution < 1.29 is 19.1 Å². The van der Waals surface area contributed by atoms with Crippen LogP contribution in [0.25, 0.3) is 0 Å². The molecule has 0 aliphatic rings. The van der Waals surface area contributed by atoms with Gasteiger partial charge in [0.1, 0.15) is 0 Å². The molecule has 0 heterocycles. The van der Waals surface area contributed by atoms with E-state index in [-0.39, 0.29) is 30.2 Å². The fourth-order valence-corrected chi connectivity index (χ4v) is 2.03. The Labute approximate surface area is 148 Å². The molecule has 0 fully saturated rings. The van der Waals surface area contributed by atoms with E-state index in [0.717, 1.165) is 5.56 Å². The molecule has 0 unspecified atom stereocenters. The maximum atomic E-state index is 11.9. The van der Waals surface area contributed by atoms with Crippen LogP contribution in [0, 0.1) is 5.92 Å². The zero-order chi connectivity index (χ0) is 18.8. The van der Waals surface area contributed by atoms with Crippen LogP contribution < -0.4 is 16.4 Å². The number of rotatable bonds is 9. The van der Waals surface area contributed by atoms with Crippen LogP contribution in [0.2, 0.25) is 0 Å². The summed E-state index contributed by atoms with van der Waals surface area (Å²) in [5, 5.41) is 5.20. The summed E-state index contributed by atoms with van der Waals surface area (Å²) in [6.45, 7) is 5.70. The monoisotopic (exact) mass is 349 g/mol. The van der Waals surface area contributed by atoms with Crippen molar-refractivity contribution in [3.8, 4) is 0 Å². The molecular formula is C18H27N3O4. The van der Waals surface area contributed by atoms with Gasteiger partial charge in [-0.1, -0.05) is 26.0 Å². The van der Waals surface area contributed by atoms with Crippen molar-refractivity contribution in [2.45, 2.75) is 39.7 Å². The number of hydrogen-bond donors (Lipinski definition) is 3. The van der Waals surface area contributed by atoms with Crippen molar-refractivity contribution in [2.24, 2.45) is 11.7 Å². The van der Waals surface area contributed by atoms with Gasteiger partial charge in [0.2, 0.25) is 11.8 Å². The standard InChI is InChI=1S/C18H27N3O4/c1-4-25-16(23)10-7-13-5-8-14(9-6-13)21-15(22)11-20-18(24)17(19)12(2)3/h5-6,8-9,12,17H,4,7,10-11,19H2,1-3H3,(H,20,24)(H,21,22)/t17-/m0/s1. The first-order valence-corrected chi connectivity index (χ1v) is 8.41. The molecule has 0 aliphatic heterocycles. The maximum absolute atomic E-state index is 11.9. The molecule has 138 valence electrons. The molecule has 7 nitrogen and oxygen atoms in total. The Balaban J connectivity index is 2.40. The summed E-state index contributed by atoms with van der Waals surface area (Å²) in [5.74, 6) is -0.900. The number of nitrogens with two attached hydrogens (primary N) is 1. The third-order valence-electron chi connectivity index (χ3n) is 3.60. The number of esters is 1. The van der Waals surface area contributed by atoms with Crippen molar-refractivity contribution in [3.63, 3.8) is 0 Å². The Hall–Kier alpha value is -2.41. The van der Waals surface area contributed by atoms with Gasteiger partial charge in [0.05, 0.1) is 19.2 Å². The minimum Gasteiger partial charge on any atom is -0.466 e. The Morgan fingerprint density at radius 2 is 1.80 bits per heavy atom. The summed E-state index contributed by atoms with van der Waals surface area (Å²) in [6, 6.07) is 6.54. The lowest BCUT2D eigenvalue weighted by Gasteiger charge is -2.15. The average Bonchev–Trinajstić information content (AvgIpc) is 2.58. The molecule has 0 saturated carbocycles. The lowest BCUT2D eigenvalue weighted by atomic mass is 10.1. The summed E-state index contributed by atoms with van der Waals surface area (Å²) in [4.78, 5) is 34.9. The van der Waals surface area contributed by atoms with E-state index in [1.54, 1.807) is 19.1 Å². The lowest BCUT2D eigenvalue weighted by Crippen LogP contribution is -2.46. The van der Waals surface area contributed by atoms with E-state index < -0.39 is 6.04 Å². The van der Waals surface area contributed by atoms with Crippen molar-refractivity contribution in [1.29, 1.82) is 0 Å². The highest BCUT2D eigenvalue weighted by Crippen LogP contribution is 2.11. The van der Waals surface area contributed by atoms with Gasteiger partial charge in [-0.2, -0.15) is 0 Å². The van der Waals surface area contributed by atoms with Crippen molar-refractivity contribution in [1.82, 2.24) is 5.32 Å². The van der Waals surface area contributed by atoms with Crippen molar-refractivity contribution in [3.05, 3.63) is 29.8 Å². The van der Waals surface area contributed by atoms with Crippen molar-refractivity contribution >= 4 is 23.5 Å². The highest BCUT2D eigenvalue weighted by Gasteiger charge is 2.17. The van der Waals surface area contributed by atoms with E-state index in [1.165, 1.54) is 0 Å². The normalized spacial score (nSPS) is 11.7. The Morgan fingerprint density at radius 3 is 2.36 bits per heavy atom. The third kappa shape index (κ3) is 7.80. The van der Waals surface area contributed by atoms with Crippen LogP contribution in [0.4, 0.5) is 5.69 Å². The van der Waals surface area contributed by atoms with E-state index in [1.807, 2.05) is 26.0 Å². The van der Waals surface area contributed by atoms with Crippen molar-refractivity contribution in [2.75, 3.05) is 18.5 Å². The minimum absolute atomic E-state index is 0.00483. The maximum Gasteiger partial charge on any atom is 0.306 e. The summed E-state index contributed by atoms with van der Waals surface area (Å²) in [6.07, 6.45) is 0.901. The van der Waals surface area contributed by atoms with Gasteiger partial charge in [-0.3, -0.25) is 14.4 Å². The molecule has 1 aromatic carbocycles. The number of amides is 2. The van der Waals surface area contributed by atoms with E-state index in [0.29, 0.717) is 25.1 Å². The lowest BCUT2D eigenvalue weighted by molar-refractivity contribution is -0.143. The number of anilines is 1. The molecule has 7 heteroatoms. The van der Waals surface area contributed by atoms with E-state index in [4.69, 9.17) is 10.5 Å². The summed E-state index contributed by atoms with van der Waals surface area (Å²) >= 11 is 0. The van der Waals surface area contributed by atoms with Gasteiger partial charge in [-0.15, -0.1) is 0 Å². The molecule has 2 amide bonds. The van der Waals surface area contributed by atoms with Gasteiger partial charge < -0.3 is 21.1 Å². The van der Waals surface area contributed by atoms with Crippen LogP contribution in [0.15, 0.2) is 24.3 Å². The van der Waals surface area contributed by atoms with Gasteiger partial charge in [0.25, 0.3) is 0 Å². The first-order valence-electron chi connectivity index (χ1n) is 8.41. The topological polar surface area (TPSA) is 111 Å². The minimum atomic E-state index is -0.633. The summed E-state index contributed by atoms with van der Waals surface area (Å²) in [5.41, 5.74) is 7.30. The highest BCUT2D eigenvalue weighted by molar-refractivity contribution is 5.95. The summed E-state index contributed by atoms with van der Waals surface area (Å²) in [7, 11) is 0. The predicted octanol–water partition coefficient (Wildman–Crippen LogP) is 1.22. The fraction of sp³-hybridized carbons (Fsp3) is 0.500. The second-order valence-electron chi connectivity index (χ2n) is 6.04. The third-order valence-corrected chi connectivity index (χ3v) is 3.60. The smallest absolute Gasteiger partial charge is 0.306 e. The SMILES string of the molecule is CCOC(=O)CCc1ccc(NC(=O)CNC(=O)[C@@H](N)C(C)C)cc1. The molecule has 1 atom stereocenters. The number of aryl methyl sites for hydroxylation is 1. The molecule has 1 aromatic rings. The quantitative estimate of drug-likeness (QED) is 0.581. The molecule has 1 rings (SSSR count). The van der Waals surface area contributed by atoms with E-state index >= 15 is 0 Å². The molecule has 0 radical (unpaired) electrons. The van der Waals surface area contributed by atoms with Crippen LogP contribution in [-0.2, 0) is 25.5 Å². The molecule has 4 N–H and O–H groups in total. The average molecular weight is 349 g/mol. The molecule has 0 aliphatic carbocycles.